The van der Waals surface area contributed by atoms with E-state index in [-0.39, 0.29) is 0 Å². The van der Waals surface area contributed by atoms with E-state index in [9.17, 15) is 0 Å². The minimum Gasteiger partial charge on any atom is -0.357 e. The summed E-state index contributed by atoms with van der Waals surface area (Å²) >= 11 is 0. The second-order valence-corrected chi connectivity index (χ2v) is 3.09. The van der Waals surface area contributed by atoms with Crippen LogP contribution in [-0.2, 0) is 6.54 Å². The maximum atomic E-state index is 4.85. The van der Waals surface area contributed by atoms with Crippen molar-refractivity contribution < 1.29 is 4.52 Å². The maximum Gasteiger partial charge on any atom is 0.223 e. The molecule has 0 atom stereocenters. The van der Waals surface area contributed by atoms with E-state index >= 15 is 0 Å². The van der Waals surface area contributed by atoms with E-state index in [1.165, 1.54) is 0 Å². The number of hydrogen-bond acceptors (Lipinski definition) is 4. The Morgan fingerprint density at radius 3 is 2.94 bits per heavy atom. The molecule has 0 aromatic carbocycles. The van der Waals surface area contributed by atoms with Gasteiger partial charge in [0.2, 0.25) is 5.89 Å². The molecule has 0 unspecified atom stereocenters. The third kappa shape index (κ3) is 4.12. The highest BCUT2D eigenvalue weighted by Crippen LogP contribution is 1.96. The van der Waals surface area contributed by atoms with Crippen molar-refractivity contribution in [3.63, 3.8) is 0 Å². The fourth-order valence-electron chi connectivity index (χ4n) is 1.07. The van der Waals surface area contributed by atoms with Crippen molar-refractivity contribution in [3.05, 3.63) is 24.4 Å². The van der Waals surface area contributed by atoms with Gasteiger partial charge in [-0.3, -0.25) is 0 Å². The molecule has 88 valence electrons. The minimum absolute atomic E-state index is 0.393. The summed E-state index contributed by atoms with van der Waals surface area (Å²) in [5, 5.41) is 9.94. The molecule has 1 aromatic rings. The van der Waals surface area contributed by atoms with Gasteiger partial charge in [0.05, 0.1) is 0 Å². The first kappa shape index (κ1) is 12.2. The second-order valence-electron chi connectivity index (χ2n) is 3.09. The van der Waals surface area contributed by atoms with Crippen LogP contribution in [0.25, 0.3) is 0 Å². The van der Waals surface area contributed by atoms with Crippen LogP contribution in [0.15, 0.2) is 22.2 Å². The van der Waals surface area contributed by atoms with Gasteiger partial charge in [0.25, 0.3) is 0 Å². The Morgan fingerprint density at radius 2 is 2.38 bits per heavy atom. The van der Waals surface area contributed by atoms with Gasteiger partial charge in [-0.05, 0) is 6.92 Å². The molecule has 16 heavy (non-hydrogen) atoms. The lowest BCUT2D eigenvalue weighted by Crippen LogP contribution is -2.37. The Bertz CT molecular complexity index is 358. The first-order chi connectivity index (χ1) is 7.76. The molecule has 0 saturated carbocycles. The van der Waals surface area contributed by atoms with Gasteiger partial charge >= 0.3 is 0 Å². The van der Waals surface area contributed by atoms with Crippen molar-refractivity contribution in [1.29, 1.82) is 0 Å². The number of aromatic nitrogens is 2. The number of nitrogens with zero attached hydrogens (tertiary/aromatic N) is 3. The fraction of sp³-hybridized carbons (Fsp3) is 0.500. The largest absolute Gasteiger partial charge is 0.357 e. The molecule has 0 fully saturated rings. The zero-order valence-electron chi connectivity index (χ0n) is 9.66. The SMILES string of the molecule is C=CCNC(=NCc1noc(C)n1)NCC. The molecule has 0 bridgehead atoms. The van der Waals surface area contributed by atoms with Gasteiger partial charge < -0.3 is 15.2 Å². The monoisotopic (exact) mass is 223 g/mol. The third-order valence-corrected chi connectivity index (χ3v) is 1.71. The Balaban J connectivity index is 2.52. The van der Waals surface area contributed by atoms with Gasteiger partial charge in [0.1, 0.15) is 6.54 Å². The number of aliphatic imine (C=N–C) groups is 1. The molecule has 0 spiro atoms. The number of guanidine groups is 1. The maximum absolute atomic E-state index is 4.85. The number of rotatable bonds is 5. The van der Waals surface area contributed by atoms with Crippen molar-refractivity contribution in [2.45, 2.75) is 20.4 Å². The number of nitrogens with one attached hydrogen (secondary N) is 2. The molecule has 0 aliphatic carbocycles. The molecule has 1 rings (SSSR count). The van der Waals surface area contributed by atoms with Crippen molar-refractivity contribution >= 4 is 5.96 Å². The lowest BCUT2D eigenvalue weighted by molar-refractivity contribution is 0.387. The highest BCUT2D eigenvalue weighted by atomic mass is 16.5. The van der Waals surface area contributed by atoms with Gasteiger partial charge in [0.15, 0.2) is 11.8 Å². The van der Waals surface area contributed by atoms with Gasteiger partial charge in [-0.15, -0.1) is 6.58 Å². The zero-order chi connectivity index (χ0) is 11.8. The van der Waals surface area contributed by atoms with E-state index < -0.39 is 0 Å². The van der Waals surface area contributed by atoms with Crippen LogP contribution in [0.4, 0.5) is 0 Å². The second kappa shape index (κ2) is 6.60. The van der Waals surface area contributed by atoms with Crippen LogP contribution in [-0.4, -0.2) is 29.2 Å². The van der Waals surface area contributed by atoms with Crippen LogP contribution >= 0.6 is 0 Å². The van der Waals surface area contributed by atoms with Crippen molar-refractivity contribution in [2.75, 3.05) is 13.1 Å². The minimum atomic E-state index is 0.393. The molecule has 2 N–H and O–H groups in total. The molecule has 6 nitrogen and oxygen atoms in total. The topological polar surface area (TPSA) is 75.3 Å². The first-order valence-electron chi connectivity index (χ1n) is 5.18. The summed E-state index contributed by atoms with van der Waals surface area (Å²) in [5.74, 6) is 1.84. The Labute approximate surface area is 94.8 Å². The normalized spacial score (nSPS) is 11.2. The molecule has 0 aliphatic heterocycles. The summed E-state index contributed by atoms with van der Waals surface area (Å²) < 4.78 is 4.85. The number of hydrogen-bond donors (Lipinski definition) is 2. The summed E-state index contributed by atoms with van der Waals surface area (Å²) in [6, 6.07) is 0. The van der Waals surface area contributed by atoms with Gasteiger partial charge in [-0.2, -0.15) is 4.98 Å². The predicted octanol–water partition coefficient (Wildman–Crippen LogP) is 0.619. The molecule has 6 heteroatoms. The summed E-state index contributed by atoms with van der Waals surface area (Å²) in [7, 11) is 0. The molecular weight excluding hydrogens is 206 g/mol. The fourth-order valence-corrected chi connectivity index (χ4v) is 1.07. The van der Waals surface area contributed by atoms with E-state index in [0.29, 0.717) is 30.8 Å². The van der Waals surface area contributed by atoms with E-state index in [1.807, 2.05) is 6.92 Å². The van der Waals surface area contributed by atoms with Crippen LogP contribution in [0.3, 0.4) is 0 Å². The lowest BCUT2D eigenvalue weighted by Gasteiger charge is -2.08. The standard InChI is InChI=1S/C10H17N5O/c1-4-6-12-10(11-5-2)13-7-9-14-8(3)16-15-9/h4H,1,5-7H2,2-3H3,(H2,11,12,13). The highest BCUT2D eigenvalue weighted by Gasteiger charge is 2.01. The van der Waals surface area contributed by atoms with Crippen LogP contribution in [0.5, 0.6) is 0 Å². The van der Waals surface area contributed by atoms with Gasteiger partial charge in [-0.25, -0.2) is 4.99 Å². The predicted molar refractivity (Wildman–Crippen MR) is 62.1 cm³/mol. The molecule has 1 heterocycles. The van der Waals surface area contributed by atoms with Crippen molar-refractivity contribution in [2.24, 2.45) is 4.99 Å². The highest BCUT2D eigenvalue weighted by molar-refractivity contribution is 5.79. The zero-order valence-corrected chi connectivity index (χ0v) is 9.66. The number of aryl methyl sites for hydroxylation is 1. The first-order valence-corrected chi connectivity index (χ1v) is 5.18. The van der Waals surface area contributed by atoms with Crippen LogP contribution < -0.4 is 10.6 Å². The molecule has 0 amide bonds. The lowest BCUT2D eigenvalue weighted by atomic mass is 10.6. The third-order valence-electron chi connectivity index (χ3n) is 1.71. The molecule has 0 saturated heterocycles. The molecule has 0 aliphatic rings. The van der Waals surface area contributed by atoms with E-state index in [0.717, 1.165) is 6.54 Å². The molecule has 1 aromatic heterocycles. The summed E-state index contributed by atoms with van der Waals surface area (Å²) in [6.07, 6.45) is 1.77. The molecular formula is C10H17N5O. The van der Waals surface area contributed by atoms with Crippen LogP contribution in [0.1, 0.15) is 18.6 Å². The summed E-state index contributed by atoms with van der Waals surface area (Å²) in [4.78, 5) is 8.36. The smallest absolute Gasteiger partial charge is 0.223 e. The Kier molecular flexibility index (Phi) is 5.04. The Hall–Kier alpha value is -1.85. The average Bonchev–Trinajstić information content (AvgIpc) is 2.68. The van der Waals surface area contributed by atoms with E-state index in [1.54, 1.807) is 13.0 Å². The van der Waals surface area contributed by atoms with Crippen LogP contribution in [0, 0.1) is 6.92 Å². The summed E-state index contributed by atoms with van der Waals surface area (Å²) in [6.45, 7) is 9.24. The quantitative estimate of drug-likeness (QED) is 0.435. The molecule has 0 radical (unpaired) electrons. The summed E-state index contributed by atoms with van der Waals surface area (Å²) in [5.41, 5.74) is 0. The van der Waals surface area contributed by atoms with Crippen LogP contribution in [0.2, 0.25) is 0 Å². The average molecular weight is 223 g/mol. The van der Waals surface area contributed by atoms with Gasteiger partial charge in [0, 0.05) is 20.0 Å². The van der Waals surface area contributed by atoms with Crippen molar-refractivity contribution in [3.8, 4) is 0 Å². The Morgan fingerprint density at radius 1 is 1.56 bits per heavy atom. The van der Waals surface area contributed by atoms with Gasteiger partial charge in [-0.1, -0.05) is 11.2 Å². The van der Waals surface area contributed by atoms with Crippen molar-refractivity contribution in [1.82, 2.24) is 20.8 Å². The van der Waals surface area contributed by atoms with E-state index in [4.69, 9.17) is 4.52 Å². The van der Waals surface area contributed by atoms with E-state index in [2.05, 4.69) is 32.3 Å².